The molecule has 1 N–H and O–H groups in total. The first kappa shape index (κ1) is 13.5. The van der Waals surface area contributed by atoms with Crippen molar-refractivity contribution in [3.8, 4) is 0 Å². The van der Waals surface area contributed by atoms with Crippen molar-refractivity contribution in [2.75, 3.05) is 24.3 Å². The minimum absolute atomic E-state index is 0.149. The van der Waals surface area contributed by atoms with Crippen molar-refractivity contribution in [1.29, 1.82) is 0 Å². The van der Waals surface area contributed by atoms with E-state index in [-0.39, 0.29) is 12.3 Å². The molecule has 0 radical (unpaired) electrons. The van der Waals surface area contributed by atoms with Gasteiger partial charge in [0.05, 0.1) is 12.1 Å². The lowest BCUT2D eigenvalue weighted by Crippen LogP contribution is -2.18. The number of hydrogen-bond donors (Lipinski definition) is 1. The SMILES string of the molecule is CN(C)c1nccc(NC(=O)Cc2cn3ccsc3n2)n1. The molecule has 21 heavy (non-hydrogen) atoms. The molecule has 1 amide bonds. The first-order valence-electron chi connectivity index (χ1n) is 6.33. The average molecular weight is 302 g/mol. The van der Waals surface area contributed by atoms with Crippen molar-refractivity contribution in [1.82, 2.24) is 19.4 Å². The van der Waals surface area contributed by atoms with Crippen LogP contribution in [0, 0.1) is 0 Å². The van der Waals surface area contributed by atoms with E-state index in [4.69, 9.17) is 0 Å². The van der Waals surface area contributed by atoms with Gasteiger partial charge < -0.3 is 10.2 Å². The Balaban J connectivity index is 1.68. The molecule has 0 aromatic carbocycles. The summed E-state index contributed by atoms with van der Waals surface area (Å²) in [6.45, 7) is 0. The molecule has 0 bridgehead atoms. The molecular formula is C13H14N6OS. The molecule has 0 saturated carbocycles. The van der Waals surface area contributed by atoms with Gasteiger partial charge in [0.25, 0.3) is 0 Å². The van der Waals surface area contributed by atoms with Gasteiger partial charge in [-0.3, -0.25) is 9.20 Å². The Kier molecular flexibility index (Phi) is 3.53. The number of anilines is 2. The smallest absolute Gasteiger partial charge is 0.231 e. The van der Waals surface area contributed by atoms with Gasteiger partial charge in [0.2, 0.25) is 11.9 Å². The monoisotopic (exact) mass is 302 g/mol. The summed E-state index contributed by atoms with van der Waals surface area (Å²) >= 11 is 1.54. The number of fused-ring (bicyclic) bond motifs is 1. The number of nitrogens with zero attached hydrogens (tertiary/aromatic N) is 5. The number of nitrogens with one attached hydrogen (secondary N) is 1. The molecule has 0 aliphatic heterocycles. The number of thiazole rings is 1. The molecule has 0 saturated heterocycles. The predicted molar refractivity (Wildman–Crippen MR) is 81.8 cm³/mol. The van der Waals surface area contributed by atoms with E-state index in [9.17, 15) is 4.79 Å². The van der Waals surface area contributed by atoms with Crippen molar-refractivity contribution in [2.24, 2.45) is 0 Å². The lowest BCUT2D eigenvalue weighted by Gasteiger charge is -2.10. The average Bonchev–Trinajstić information content (AvgIpc) is 2.99. The first-order chi connectivity index (χ1) is 10.1. The number of imidazole rings is 1. The third-order valence-corrected chi connectivity index (χ3v) is 3.57. The van der Waals surface area contributed by atoms with Crippen LogP contribution in [0.3, 0.4) is 0 Å². The van der Waals surface area contributed by atoms with E-state index in [1.165, 1.54) is 11.3 Å². The number of hydrogen-bond acceptors (Lipinski definition) is 6. The summed E-state index contributed by atoms with van der Waals surface area (Å²) in [5, 5.41) is 4.71. The van der Waals surface area contributed by atoms with Crippen LogP contribution < -0.4 is 10.2 Å². The largest absolute Gasteiger partial charge is 0.347 e. The van der Waals surface area contributed by atoms with E-state index in [1.807, 2.05) is 36.3 Å². The quantitative estimate of drug-likeness (QED) is 0.789. The van der Waals surface area contributed by atoms with Gasteiger partial charge in [0.15, 0.2) is 4.96 Å². The molecule has 0 aliphatic rings. The molecule has 3 heterocycles. The van der Waals surface area contributed by atoms with E-state index in [0.29, 0.717) is 11.8 Å². The van der Waals surface area contributed by atoms with Crippen LogP contribution >= 0.6 is 11.3 Å². The zero-order valence-electron chi connectivity index (χ0n) is 11.6. The van der Waals surface area contributed by atoms with E-state index in [0.717, 1.165) is 10.7 Å². The van der Waals surface area contributed by atoms with Gasteiger partial charge in [0.1, 0.15) is 5.82 Å². The maximum Gasteiger partial charge on any atom is 0.231 e. The molecular weight excluding hydrogens is 288 g/mol. The third-order valence-electron chi connectivity index (χ3n) is 2.80. The van der Waals surface area contributed by atoms with Crippen molar-refractivity contribution < 1.29 is 4.79 Å². The molecule has 8 heteroatoms. The topological polar surface area (TPSA) is 75.4 Å². The van der Waals surface area contributed by atoms with Crippen LogP contribution in [0.25, 0.3) is 4.96 Å². The molecule has 3 aromatic heterocycles. The summed E-state index contributed by atoms with van der Waals surface area (Å²) in [5.74, 6) is 0.888. The summed E-state index contributed by atoms with van der Waals surface area (Å²) in [6, 6.07) is 1.66. The van der Waals surface area contributed by atoms with Crippen LogP contribution in [0.1, 0.15) is 5.69 Å². The highest BCUT2D eigenvalue weighted by Gasteiger charge is 2.10. The molecule has 3 aromatic rings. The maximum atomic E-state index is 12.0. The van der Waals surface area contributed by atoms with Crippen LogP contribution in [0.5, 0.6) is 0 Å². The fourth-order valence-electron chi connectivity index (χ4n) is 1.85. The zero-order valence-corrected chi connectivity index (χ0v) is 12.5. The predicted octanol–water partition coefficient (Wildman–Crippen LogP) is 1.43. The van der Waals surface area contributed by atoms with Crippen LogP contribution in [0.4, 0.5) is 11.8 Å². The van der Waals surface area contributed by atoms with Crippen LogP contribution in [0.2, 0.25) is 0 Å². The number of rotatable bonds is 4. The van der Waals surface area contributed by atoms with Crippen LogP contribution in [0.15, 0.2) is 30.0 Å². The van der Waals surface area contributed by atoms with Crippen molar-refractivity contribution in [2.45, 2.75) is 6.42 Å². The summed E-state index contributed by atoms with van der Waals surface area (Å²) in [5.41, 5.74) is 0.737. The van der Waals surface area contributed by atoms with Crippen molar-refractivity contribution >= 4 is 34.0 Å². The van der Waals surface area contributed by atoms with E-state index < -0.39 is 0 Å². The Morgan fingerprint density at radius 1 is 1.43 bits per heavy atom. The minimum Gasteiger partial charge on any atom is -0.347 e. The van der Waals surface area contributed by atoms with E-state index >= 15 is 0 Å². The highest BCUT2D eigenvalue weighted by molar-refractivity contribution is 7.15. The number of amides is 1. The molecule has 0 atom stereocenters. The Morgan fingerprint density at radius 2 is 2.29 bits per heavy atom. The van der Waals surface area contributed by atoms with Crippen molar-refractivity contribution in [3.05, 3.63) is 35.7 Å². The summed E-state index contributed by atoms with van der Waals surface area (Å²) < 4.78 is 1.90. The highest BCUT2D eigenvalue weighted by Crippen LogP contribution is 2.13. The third kappa shape index (κ3) is 3.00. The van der Waals surface area contributed by atoms with Gasteiger partial charge in [0, 0.05) is 38.1 Å². The summed E-state index contributed by atoms with van der Waals surface area (Å²) in [6.07, 6.45) is 5.61. The molecule has 0 spiro atoms. The van der Waals surface area contributed by atoms with E-state index in [2.05, 4.69) is 20.3 Å². The Morgan fingerprint density at radius 3 is 3.05 bits per heavy atom. The first-order valence-corrected chi connectivity index (χ1v) is 7.21. The number of carbonyl (C=O) groups excluding carboxylic acids is 1. The Bertz CT molecular complexity index is 749. The van der Waals surface area contributed by atoms with Crippen LogP contribution in [-0.2, 0) is 11.2 Å². The molecule has 7 nitrogen and oxygen atoms in total. The highest BCUT2D eigenvalue weighted by atomic mass is 32.1. The van der Waals surface area contributed by atoms with Gasteiger partial charge in [-0.25, -0.2) is 9.97 Å². The van der Waals surface area contributed by atoms with Gasteiger partial charge in [-0.1, -0.05) is 0 Å². The fourth-order valence-corrected chi connectivity index (χ4v) is 2.57. The van der Waals surface area contributed by atoms with Gasteiger partial charge in [-0.05, 0) is 6.07 Å². The summed E-state index contributed by atoms with van der Waals surface area (Å²) in [7, 11) is 3.69. The second kappa shape index (κ2) is 5.49. The van der Waals surface area contributed by atoms with Crippen LogP contribution in [-0.4, -0.2) is 39.4 Å². The summed E-state index contributed by atoms with van der Waals surface area (Å²) in [4.78, 5) is 27.4. The molecule has 0 unspecified atom stereocenters. The van der Waals surface area contributed by atoms with Gasteiger partial charge >= 0.3 is 0 Å². The molecule has 3 rings (SSSR count). The lowest BCUT2D eigenvalue weighted by molar-refractivity contribution is -0.115. The van der Waals surface area contributed by atoms with Gasteiger partial charge in [-0.2, -0.15) is 4.98 Å². The normalized spacial score (nSPS) is 10.8. The second-order valence-corrected chi connectivity index (χ2v) is 5.56. The van der Waals surface area contributed by atoms with Gasteiger partial charge in [-0.15, -0.1) is 11.3 Å². The molecule has 0 aliphatic carbocycles. The van der Waals surface area contributed by atoms with E-state index in [1.54, 1.807) is 17.2 Å². The number of carbonyl (C=O) groups is 1. The molecule has 108 valence electrons. The Hall–Kier alpha value is -2.48. The number of aromatic nitrogens is 4. The second-order valence-electron chi connectivity index (χ2n) is 4.69. The van der Waals surface area contributed by atoms with Crippen molar-refractivity contribution in [3.63, 3.8) is 0 Å². The Labute approximate surface area is 125 Å². The standard InChI is InChI=1S/C13H14N6OS/c1-18(2)12-14-4-3-10(17-12)16-11(20)7-9-8-19-5-6-21-13(19)15-9/h3-6,8H,7H2,1-2H3,(H,14,16,17,20). The minimum atomic E-state index is -0.149. The fraction of sp³-hybridized carbons (Fsp3) is 0.231. The zero-order chi connectivity index (χ0) is 14.8. The molecule has 0 fully saturated rings. The maximum absolute atomic E-state index is 12.0. The lowest BCUT2D eigenvalue weighted by atomic mass is 10.3.